The SMILES string of the molecule is Clc1ccc(C2(Cn3cncn3)COC(c3cc4ccc(Cl)cc4s3)=N2)cc1. The molecule has 2 aromatic heterocycles. The quantitative estimate of drug-likeness (QED) is 0.450. The Morgan fingerprint density at radius 1 is 1.07 bits per heavy atom. The maximum atomic E-state index is 6.12. The van der Waals surface area contributed by atoms with Crippen molar-refractivity contribution in [3.63, 3.8) is 0 Å². The summed E-state index contributed by atoms with van der Waals surface area (Å²) in [7, 11) is 0. The molecule has 1 atom stereocenters. The van der Waals surface area contributed by atoms with Crippen molar-refractivity contribution in [2.45, 2.75) is 12.1 Å². The first-order chi connectivity index (χ1) is 13.6. The Kier molecular flexibility index (Phi) is 4.34. The van der Waals surface area contributed by atoms with E-state index in [1.807, 2.05) is 42.5 Å². The lowest BCUT2D eigenvalue weighted by Gasteiger charge is -2.24. The molecule has 0 amide bonds. The van der Waals surface area contributed by atoms with Crippen molar-refractivity contribution in [1.29, 1.82) is 0 Å². The lowest BCUT2D eigenvalue weighted by Crippen LogP contribution is -2.31. The molecule has 0 radical (unpaired) electrons. The summed E-state index contributed by atoms with van der Waals surface area (Å²) in [5.74, 6) is 0.632. The van der Waals surface area contributed by atoms with Crippen LogP contribution in [0.2, 0.25) is 10.0 Å². The van der Waals surface area contributed by atoms with E-state index in [4.69, 9.17) is 32.9 Å². The molecule has 28 heavy (non-hydrogen) atoms. The van der Waals surface area contributed by atoms with E-state index in [0.29, 0.717) is 24.1 Å². The minimum Gasteiger partial charge on any atom is -0.474 e. The van der Waals surface area contributed by atoms with Gasteiger partial charge in [0.25, 0.3) is 0 Å². The zero-order valence-corrected chi connectivity index (χ0v) is 16.9. The predicted octanol–water partition coefficient (Wildman–Crippen LogP) is 5.17. The highest BCUT2D eigenvalue weighted by molar-refractivity contribution is 7.20. The molecule has 5 nitrogen and oxygen atoms in total. The average Bonchev–Trinajstić information content (AvgIpc) is 3.42. The highest BCUT2D eigenvalue weighted by atomic mass is 35.5. The second-order valence-electron chi connectivity index (χ2n) is 6.63. The second kappa shape index (κ2) is 6.88. The zero-order chi connectivity index (χ0) is 19.1. The summed E-state index contributed by atoms with van der Waals surface area (Å²) >= 11 is 13.8. The van der Waals surface area contributed by atoms with Gasteiger partial charge in [0.15, 0.2) is 0 Å². The van der Waals surface area contributed by atoms with Gasteiger partial charge in [-0.25, -0.2) is 9.98 Å². The molecule has 5 rings (SSSR count). The van der Waals surface area contributed by atoms with Crippen molar-refractivity contribution in [2.24, 2.45) is 4.99 Å². The molecule has 0 bridgehead atoms. The van der Waals surface area contributed by atoms with Gasteiger partial charge in [-0.1, -0.05) is 41.4 Å². The maximum absolute atomic E-state index is 6.12. The van der Waals surface area contributed by atoms with Gasteiger partial charge in [-0.15, -0.1) is 11.3 Å². The summed E-state index contributed by atoms with van der Waals surface area (Å²) in [4.78, 5) is 10.0. The standard InChI is InChI=1S/C20H14Cl2N4OS/c21-15-5-2-14(3-6-15)20(9-26-12-23-11-24-26)10-27-19(25-20)18-7-13-1-4-16(22)8-17(13)28-18/h1-8,11-12H,9-10H2. The van der Waals surface area contributed by atoms with Gasteiger partial charge in [0, 0.05) is 14.7 Å². The molecule has 0 fully saturated rings. The van der Waals surface area contributed by atoms with Gasteiger partial charge in [-0.3, -0.25) is 4.68 Å². The van der Waals surface area contributed by atoms with E-state index in [9.17, 15) is 0 Å². The van der Waals surface area contributed by atoms with Gasteiger partial charge in [0.05, 0.1) is 11.4 Å². The summed E-state index contributed by atoms with van der Waals surface area (Å²) in [5, 5.41) is 6.78. The number of nitrogens with zero attached hydrogens (tertiary/aromatic N) is 4. The first-order valence-corrected chi connectivity index (χ1v) is 10.2. The topological polar surface area (TPSA) is 52.3 Å². The Morgan fingerprint density at radius 3 is 2.68 bits per heavy atom. The number of hydrogen-bond donors (Lipinski definition) is 0. The highest BCUT2D eigenvalue weighted by Crippen LogP contribution is 2.37. The van der Waals surface area contributed by atoms with Crippen LogP contribution in [-0.4, -0.2) is 27.3 Å². The molecule has 0 aliphatic carbocycles. The molecule has 140 valence electrons. The van der Waals surface area contributed by atoms with Gasteiger partial charge in [-0.2, -0.15) is 5.10 Å². The monoisotopic (exact) mass is 428 g/mol. The summed E-state index contributed by atoms with van der Waals surface area (Å²) in [6.45, 7) is 0.938. The highest BCUT2D eigenvalue weighted by Gasteiger charge is 2.40. The van der Waals surface area contributed by atoms with Crippen LogP contribution in [0.5, 0.6) is 0 Å². The summed E-state index contributed by atoms with van der Waals surface area (Å²) in [6, 6.07) is 15.7. The van der Waals surface area contributed by atoms with Crippen LogP contribution in [0.4, 0.5) is 0 Å². The number of aromatic nitrogens is 3. The number of rotatable bonds is 4. The molecule has 1 aliphatic heterocycles. The van der Waals surface area contributed by atoms with E-state index in [-0.39, 0.29) is 0 Å². The van der Waals surface area contributed by atoms with E-state index in [1.165, 1.54) is 6.33 Å². The molecular weight excluding hydrogens is 415 g/mol. The molecule has 0 spiro atoms. The number of ether oxygens (including phenoxy) is 1. The molecule has 8 heteroatoms. The fourth-order valence-corrected chi connectivity index (χ4v) is 4.75. The number of thiophene rings is 1. The van der Waals surface area contributed by atoms with Gasteiger partial charge >= 0.3 is 0 Å². The fourth-order valence-electron chi connectivity index (χ4n) is 3.35. The third kappa shape index (κ3) is 3.17. The van der Waals surface area contributed by atoms with Crippen LogP contribution in [0.25, 0.3) is 10.1 Å². The number of aliphatic imine (C=N–C) groups is 1. The number of hydrogen-bond acceptors (Lipinski definition) is 5. The van der Waals surface area contributed by atoms with E-state index in [0.717, 1.165) is 25.5 Å². The van der Waals surface area contributed by atoms with Gasteiger partial charge < -0.3 is 4.74 Å². The number of benzene rings is 2. The molecule has 3 heterocycles. The van der Waals surface area contributed by atoms with Crippen molar-refractivity contribution in [3.8, 4) is 0 Å². The van der Waals surface area contributed by atoms with Crippen LogP contribution in [-0.2, 0) is 16.8 Å². The zero-order valence-electron chi connectivity index (χ0n) is 14.5. The Morgan fingerprint density at radius 2 is 1.89 bits per heavy atom. The van der Waals surface area contributed by atoms with Crippen LogP contribution in [0.15, 0.2) is 66.2 Å². The predicted molar refractivity (Wildman–Crippen MR) is 112 cm³/mol. The third-order valence-corrected chi connectivity index (χ3v) is 6.30. The largest absolute Gasteiger partial charge is 0.474 e. The molecule has 0 saturated carbocycles. The van der Waals surface area contributed by atoms with Gasteiger partial charge in [-0.05, 0) is 41.3 Å². The van der Waals surface area contributed by atoms with Gasteiger partial charge in [0.2, 0.25) is 5.90 Å². The van der Waals surface area contributed by atoms with Crippen LogP contribution < -0.4 is 0 Å². The van der Waals surface area contributed by atoms with Crippen molar-refractivity contribution >= 4 is 50.5 Å². The Balaban J connectivity index is 1.59. The molecule has 4 aromatic rings. The van der Waals surface area contributed by atoms with Crippen LogP contribution >= 0.6 is 34.5 Å². The van der Waals surface area contributed by atoms with Crippen LogP contribution in [0.1, 0.15) is 10.4 Å². The summed E-state index contributed by atoms with van der Waals surface area (Å²) in [6.07, 6.45) is 3.21. The Hall–Kier alpha value is -2.41. The van der Waals surface area contributed by atoms with E-state index < -0.39 is 5.54 Å². The van der Waals surface area contributed by atoms with Crippen LogP contribution in [0, 0.1) is 0 Å². The molecule has 1 aliphatic rings. The second-order valence-corrected chi connectivity index (χ2v) is 8.59. The normalized spacial score (nSPS) is 19.0. The fraction of sp³-hybridized carbons (Fsp3) is 0.150. The molecule has 0 N–H and O–H groups in total. The Bertz CT molecular complexity index is 1170. The molecule has 0 saturated heterocycles. The smallest absolute Gasteiger partial charge is 0.227 e. The van der Waals surface area contributed by atoms with Crippen molar-refractivity contribution in [1.82, 2.24) is 14.8 Å². The lowest BCUT2D eigenvalue weighted by molar-refractivity contribution is 0.230. The maximum Gasteiger partial charge on any atom is 0.227 e. The van der Waals surface area contributed by atoms with E-state index in [1.54, 1.807) is 22.3 Å². The van der Waals surface area contributed by atoms with E-state index >= 15 is 0 Å². The average molecular weight is 429 g/mol. The number of halogens is 2. The van der Waals surface area contributed by atoms with Crippen molar-refractivity contribution in [2.75, 3.05) is 6.61 Å². The minimum atomic E-state index is -0.596. The summed E-state index contributed by atoms with van der Waals surface area (Å²) in [5.41, 5.74) is 0.424. The van der Waals surface area contributed by atoms with Gasteiger partial charge in [0.1, 0.15) is 24.8 Å². The van der Waals surface area contributed by atoms with Crippen molar-refractivity contribution < 1.29 is 4.74 Å². The lowest BCUT2D eigenvalue weighted by atomic mass is 9.91. The molecule has 2 aromatic carbocycles. The van der Waals surface area contributed by atoms with Crippen molar-refractivity contribution in [3.05, 3.63) is 81.7 Å². The molecular formula is C20H14Cl2N4OS. The molecule has 1 unspecified atom stereocenters. The first kappa shape index (κ1) is 17.7. The third-order valence-electron chi connectivity index (χ3n) is 4.73. The Labute approximate surface area is 175 Å². The van der Waals surface area contributed by atoms with E-state index in [2.05, 4.69) is 16.1 Å². The number of fused-ring (bicyclic) bond motifs is 1. The van der Waals surface area contributed by atoms with Crippen LogP contribution in [0.3, 0.4) is 0 Å². The minimum absolute atomic E-state index is 0.416. The summed E-state index contributed by atoms with van der Waals surface area (Å²) < 4.78 is 8.96. The first-order valence-electron chi connectivity index (χ1n) is 8.62.